The van der Waals surface area contributed by atoms with Crippen LogP contribution in [0.15, 0.2) is 36.5 Å². The second-order valence-electron chi connectivity index (χ2n) is 4.72. The van der Waals surface area contributed by atoms with Crippen molar-refractivity contribution in [3.05, 3.63) is 52.7 Å². The first-order valence-electron chi connectivity index (χ1n) is 6.73. The lowest BCUT2D eigenvalue weighted by atomic mass is 10.1. The molecule has 3 nitrogen and oxygen atoms in total. The minimum absolute atomic E-state index is 0.275. The first kappa shape index (κ1) is 14.8. The molecule has 4 heteroatoms. The molecule has 0 aliphatic rings. The molecule has 0 saturated carbocycles. The van der Waals surface area contributed by atoms with Crippen molar-refractivity contribution in [3.63, 3.8) is 0 Å². The third-order valence-corrected chi connectivity index (χ3v) is 3.55. The molecule has 106 valence electrons. The number of halogens is 1. The minimum atomic E-state index is 0.275. The van der Waals surface area contributed by atoms with E-state index < -0.39 is 0 Å². The Morgan fingerprint density at radius 1 is 1.30 bits per heavy atom. The lowest BCUT2D eigenvalue weighted by Gasteiger charge is -2.13. The highest BCUT2D eigenvalue weighted by Gasteiger charge is 2.07. The first-order chi connectivity index (χ1) is 9.60. The number of nitrogens with one attached hydrogen (secondary N) is 1. The lowest BCUT2D eigenvalue weighted by molar-refractivity contribution is 0.460. The predicted octanol–water partition coefficient (Wildman–Crippen LogP) is 4.51. The van der Waals surface area contributed by atoms with E-state index in [1.807, 2.05) is 37.3 Å². The average molecular weight is 291 g/mol. The highest BCUT2D eigenvalue weighted by molar-refractivity contribution is 6.31. The molecule has 0 fully saturated rings. The fraction of sp³-hybridized carbons (Fsp3) is 0.312. The first-order valence-corrected chi connectivity index (χ1v) is 7.11. The molecule has 0 spiro atoms. The Morgan fingerprint density at radius 3 is 2.80 bits per heavy atom. The van der Waals surface area contributed by atoms with E-state index in [2.05, 4.69) is 24.1 Å². The third-order valence-electron chi connectivity index (χ3n) is 3.12. The Labute approximate surface area is 124 Å². The van der Waals surface area contributed by atoms with Crippen LogP contribution in [0.1, 0.15) is 31.0 Å². The standard InChI is InChI=1S/C16H19ClN2O/c1-4-18-12(3)13-7-8-19-16(10-13)20-14-5-6-15(17)11(2)9-14/h5-10,12,18H,4H2,1-3H3. The van der Waals surface area contributed by atoms with Crippen molar-refractivity contribution in [2.24, 2.45) is 0 Å². The molecular weight excluding hydrogens is 272 g/mol. The average Bonchev–Trinajstić information content (AvgIpc) is 2.43. The van der Waals surface area contributed by atoms with Gasteiger partial charge in [-0.3, -0.25) is 0 Å². The Morgan fingerprint density at radius 2 is 2.10 bits per heavy atom. The second-order valence-corrected chi connectivity index (χ2v) is 5.13. The Balaban J connectivity index is 2.16. The Kier molecular flexibility index (Phi) is 4.99. The highest BCUT2D eigenvalue weighted by Crippen LogP contribution is 2.26. The van der Waals surface area contributed by atoms with Crippen molar-refractivity contribution in [1.82, 2.24) is 10.3 Å². The van der Waals surface area contributed by atoms with Gasteiger partial charge in [0.25, 0.3) is 0 Å². The fourth-order valence-electron chi connectivity index (χ4n) is 1.98. The summed E-state index contributed by atoms with van der Waals surface area (Å²) in [5, 5.41) is 4.10. The number of ether oxygens (including phenoxy) is 1. The molecule has 1 N–H and O–H groups in total. The van der Waals surface area contributed by atoms with Gasteiger partial charge in [-0.05, 0) is 55.8 Å². The summed E-state index contributed by atoms with van der Waals surface area (Å²) >= 11 is 6.01. The van der Waals surface area contributed by atoms with Crippen molar-refractivity contribution in [3.8, 4) is 11.6 Å². The number of hydrogen-bond acceptors (Lipinski definition) is 3. The molecule has 2 rings (SSSR count). The van der Waals surface area contributed by atoms with E-state index in [9.17, 15) is 0 Å². The summed E-state index contributed by atoms with van der Waals surface area (Å²) in [7, 11) is 0. The van der Waals surface area contributed by atoms with E-state index in [0.29, 0.717) is 5.88 Å². The van der Waals surface area contributed by atoms with Crippen LogP contribution < -0.4 is 10.1 Å². The molecular formula is C16H19ClN2O. The predicted molar refractivity (Wildman–Crippen MR) is 82.6 cm³/mol. The van der Waals surface area contributed by atoms with E-state index in [0.717, 1.165) is 28.4 Å². The van der Waals surface area contributed by atoms with Gasteiger partial charge in [-0.1, -0.05) is 18.5 Å². The molecule has 2 aromatic rings. The molecule has 0 bridgehead atoms. The molecule has 0 aliphatic heterocycles. The van der Waals surface area contributed by atoms with Crippen LogP contribution in [0.5, 0.6) is 11.6 Å². The summed E-state index contributed by atoms with van der Waals surface area (Å²) in [6.07, 6.45) is 1.77. The van der Waals surface area contributed by atoms with Crippen LogP contribution in [0.3, 0.4) is 0 Å². The summed E-state index contributed by atoms with van der Waals surface area (Å²) in [4.78, 5) is 4.25. The molecule has 0 aliphatic carbocycles. The fourth-order valence-corrected chi connectivity index (χ4v) is 2.09. The summed E-state index contributed by atoms with van der Waals surface area (Å²) in [5.74, 6) is 1.33. The van der Waals surface area contributed by atoms with Gasteiger partial charge in [-0.15, -0.1) is 0 Å². The minimum Gasteiger partial charge on any atom is -0.439 e. The third kappa shape index (κ3) is 3.71. The molecule has 0 radical (unpaired) electrons. The van der Waals surface area contributed by atoms with Crippen molar-refractivity contribution in [1.29, 1.82) is 0 Å². The highest BCUT2D eigenvalue weighted by atomic mass is 35.5. The zero-order chi connectivity index (χ0) is 14.5. The van der Waals surface area contributed by atoms with Gasteiger partial charge in [-0.25, -0.2) is 4.98 Å². The molecule has 1 aromatic carbocycles. The molecule has 0 amide bonds. The molecule has 1 aromatic heterocycles. The molecule has 20 heavy (non-hydrogen) atoms. The Bertz CT molecular complexity index is 586. The van der Waals surface area contributed by atoms with Crippen LogP contribution >= 0.6 is 11.6 Å². The summed E-state index contributed by atoms with van der Waals surface area (Å²) in [6.45, 7) is 7.09. The maximum absolute atomic E-state index is 6.01. The van der Waals surface area contributed by atoms with Gasteiger partial charge < -0.3 is 10.1 Å². The van der Waals surface area contributed by atoms with Gasteiger partial charge >= 0.3 is 0 Å². The smallest absolute Gasteiger partial charge is 0.219 e. The van der Waals surface area contributed by atoms with Crippen molar-refractivity contribution >= 4 is 11.6 Å². The normalized spacial score (nSPS) is 12.2. The monoisotopic (exact) mass is 290 g/mol. The van der Waals surface area contributed by atoms with E-state index in [1.165, 1.54) is 0 Å². The topological polar surface area (TPSA) is 34.2 Å². The van der Waals surface area contributed by atoms with Gasteiger partial charge in [-0.2, -0.15) is 0 Å². The number of benzene rings is 1. The van der Waals surface area contributed by atoms with Gasteiger partial charge in [0.2, 0.25) is 5.88 Å². The van der Waals surface area contributed by atoms with Crippen LogP contribution in [0.25, 0.3) is 0 Å². The maximum atomic E-state index is 6.01. The van der Waals surface area contributed by atoms with Crippen molar-refractivity contribution in [2.75, 3.05) is 6.54 Å². The van der Waals surface area contributed by atoms with Crippen LogP contribution in [-0.4, -0.2) is 11.5 Å². The number of aromatic nitrogens is 1. The van der Waals surface area contributed by atoms with E-state index in [-0.39, 0.29) is 6.04 Å². The van der Waals surface area contributed by atoms with Crippen LogP contribution in [-0.2, 0) is 0 Å². The Hall–Kier alpha value is -1.58. The number of aryl methyl sites for hydroxylation is 1. The van der Waals surface area contributed by atoms with Crippen LogP contribution in [0, 0.1) is 6.92 Å². The van der Waals surface area contributed by atoms with Crippen molar-refractivity contribution in [2.45, 2.75) is 26.8 Å². The molecule has 1 atom stereocenters. The van der Waals surface area contributed by atoms with E-state index >= 15 is 0 Å². The van der Waals surface area contributed by atoms with E-state index in [1.54, 1.807) is 6.20 Å². The number of pyridine rings is 1. The maximum Gasteiger partial charge on any atom is 0.219 e. The lowest BCUT2D eigenvalue weighted by Crippen LogP contribution is -2.17. The zero-order valence-electron chi connectivity index (χ0n) is 12.0. The van der Waals surface area contributed by atoms with Gasteiger partial charge in [0.15, 0.2) is 0 Å². The van der Waals surface area contributed by atoms with Gasteiger partial charge in [0.1, 0.15) is 5.75 Å². The largest absolute Gasteiger partial charge is 0.439 e. The second kappa shape index (κ2) is 6.73. The van der Waals surface area contributed by atoms with E-state index in [4.69, 9.17) is 16.3 Å². The summed E-state index contributed by atoms with van der Waals surface area (Å²) in [5.41, 5.74) is 2.14. The number of hydrogen-bond donors (Lipinski definition) is 1. The van der Waals surface area contributed by atoms with Gasteiger partial charge in [0.05, 0.1) is 0 Å². The van der Waals surface area contributed by atoms with Crippen LogP contribution in [0.2, 0.25) is 5.02 Å². The van der Waals surface area contributed by atoms with Crippen LogP contribution in [0.4, 0.5) is 0 Å². The SMILES string of the molecule is CCNC(C)c1ccnc(Oc2ccc(Cl)c(C)c2)c1. The summed E-state index contributed by atoms with van der Waals surface area (Å²) < 4.78 is 5.79. The zero-order valence-corrected chi connectivity index (χ0v) is 12.7. The molecule has 1 unspecified atom stereocenters. The molecule has 1 heterocycles. The summed E-state index contributed by atoms with van der Waals surface area (Å²) in [6, 6.07) is 9.81. The quantitative estimate of drug-likeness (QED) is 0.880. The molecule has 0 saturated heterocycles. The van der Waals surface area contributed by atoms with Gasteiger partial charge in [0, 0.05) is 23.3 Å². The number of rotatable bonds is 5. The van der Waals surface area contributed by atoms with Crippen molar-refractivity contribution < 1.29 is 4.74 Å². The number of nitrogens with zero attached hydrogens (tertiary/aromatic N) is 1.